The van der Waals surface area contributed by atoms with Gasteiger partial charge >= 0.3 is 12.1 Å². The molecule has 0 unspecified atom stereocenters. The second kappa shape index (κ2) is 9.37. The van der Waals surface area contributed by atoms with E-state index in [4.69, 9.17) is 0 Å². The van der Waals surface area contributed by atoms with Crippen molar-refractivity contribution >= 4 is 28.2 Å². The Kier molecular flexibility index (Phi) is 6.32. The Hall–Kier alpha value is -4.54. The van der Waals surface area contributed by atoms with Gasteiger partial charge in [0.15, 0.2) is 5.69 Å². The molecule has 0 fully saturated rings. The molecule has 0 aliphatic rings. The number of benzene rings is 3. The summed E-state index contributed by atoms with van der Waals surface area (Å²) < 4.78 is 40.6. The summed E-state index contributed by atoms with van der Waals surface area (Å²) in [6.45, 7) is 0.421. The maximum Gasteiger partial charge on any atom is 0.416 e. The molecule has 0 atom stereocenters. The molecule has 4 rings (SSSR count). The van der Waals surface area contributed by atoms with Crippen LogP contribution in [-0.4, -0.2) is 20.6 Å². The van der Waals surface area contributed by atoms with Crippen LogP contribution in [0.5, 0.6) is 0 Å². The van der Waals surface area contributed by atoms with Gasteiger partial charge in [-0.3, -0.25) is 10.1 Å². The highest BCUT2D eigenvalue weighted by atomic mass is 19.4. The minimum atomic E-state index is -4.72. The number of aromatic carboxylic acids is 1. The molecule has 0 bridgehead atoms. The number of hydrogen-bond donors (Lipinski definition) is 1. The lowest BCUT2D eigenvalue weighted by atomic mass is 10.1. The molecule has 0 amide bonds. The van der Waals surface area contributed by atoms with Crippen LogP contribution in [0, 0.1) is 10.1 Å². The summed E-state index contributed by atoms with van der Waals surface area (Å²) in [5.74, 6) is -1.03. The zero-order valence-corrected chi connectivity index (χ0v) is 17.9. The van der Waals surface area contributed by atoms with Gasteiger partial charge in [-0.25, -0.2) is 4.79 Å². The highest BCUT2D eigenvalue weighted by Gasteiger charge is 2.33. The Bertz CT molecular complexity index is 1460. The number of para-hydroxylation sites is 1. The lowest BCUT2D eigenvalue weighted by Gasteiger charge is -2.06. The van der Waals surface area contributed by atoms with Gasteiger partial charge in [-0.05, 0) is 35.9 Å². The largest absolute Gasteiger partial charge is 0.478 e. The van der Waals surface area contributed by atoms with E-state index in [9.17, 15) is 33.2 Å². The van der Waals surface area contributed by atoms with Gasteiger partial charge in [0.25, 0.3) is 5.69 Å². The van der Waals surface area contributed by atoms with Gasteiger partial charge in [-0.1, -0.05) is 30.3 Å². The zero-order chi connectivity index (χ0) is 25.2. The lowest BCUT2D eigenvalue weighted by molar-refractivity contribution is -0.384. The van der Waals surface area contributed by atoms with Crippen LogP contribution in [0.15, 0.2) is 83.2 Å². The third kappa shape index (κ3) is 5.18. The summed E-state index contributed by atoms with van der Waals surface area (Å²) in [7, 11) is 0. The summed E-state index contributed by atoms with van der Waals surface area (Å²) in [6, 6.07) is 16.1. The summed E-state index contributed by atoms with van der Waals surface area (Å²) in [4.78, 5) is 21.6. The number of alkyl halides is 3. The Labute approximate surface area is 196 Å². The molecule has 1 N–H and O–H groups in total. The summed E-state index contributed by atoms with van der Waals surface area (Å²) >= 11 is 0. The molecule has 0 aliphatic heterocycles. The third-order valence-electron chi connectivity index (χ3n) is 5.32. The van der Waals surface area contributed by atoms with Gasteiger partial charge in [0.05, 0.1) is 22.6 Å². The molecule has 0 saturated heterocycles. The van der Waals surface area contributed by atoms with E-state index in [1.54, 1.807) is 12.1 Å². The van der Waals surface area contributed by atoms with E-state index in [1.165, 1.54) is 6.07 Å². The van der Waals surface area contributed by atoms with Crippen LogP contribution >= 0.6 is 0 Å². The average Bonchev–Trinajstić information content (AvgIpc) is 3.16. The molecule has 8 nitrogen and oxygen atoms in total. The van der Waals surface area contributed by atoms with Gasteiger partial charge in [-0.2, -0.15) is 18.3 Å². The van der Waals surface area contributed by atoms with Gasteiger partial charge < -0.3 is 9.67 Å². The molecule has 3 aromatic carbocycles. The average molecular weight is 482 g/mol. The number of carbonyl (C=O) groups is 1. The first-order valence-electron chi connectivity index (χ1n) is 10.3. The van der Waals surface area contributed by atoms with Crippen LogP contribution in [0.4, 0.5) is 24.5 Å². The normalized spacial score (nSPS) is 11.9. The molecule has 0 aliphatic carbocycles. The van der Waals surface area contributed by atoms with Crippen molar-refractivity contribution in [1.29, 1.82) is 0 Å². The zero-order valence-electron chi connectivity index (χ0n) is 17.9. The maximum atomic E-state index is 12.9. The van der Waals surface area contributed by atoms with E-state index in [-0.39, 0.29) is 17.8 Å². The van der Waals surface area contributed by atoms with Crippen molar-refractivity contribution in [2.75, 3.05) is 0 Å². The van der Waals surface area contributed by atoms with Crippen molar-refractivity contribution in [3.8, 4) is 0 Å². The Morgan fingerprint density at radius 1 is 1.06 bits per heavy atom. The topological polar surface area (TPSA) is 110 Å². The van der Waals surface area contributed by atoms with Crippen LogP contribution < -0.4 is 0 Å². The smallest absolute Gasteiger partial charge is 0.416 e. The quantitative estimate of drug-likeness (QED) is 0.182. The van der Waals surface area contributed by atoms with Crippen LogP contribution in [0.2, 0.25) is 0 Å². The Morgan fingerprint density at radius 3 is 2.54 bits per heavy atom. The van der Waals surface area contributed by atoms with E-state index in [2.05, 4.69) is 10.2 Å². The van der Waals surface area contributed by atoms with Crippen LogP contribution in [0.3, 0.4) is 0 Å². The molecular weight excluding hydrogens is 465 g/mol. The molecule has 35 heavy (non-hydrogen) atoms. The van der Waals surface area contributed by atoms with Crippen molar-refractivity contribution in [1.82, 2.24) is 4.57 Å². The molecule has 0 spiro atoms. The predicted molar refractivity (Wildman–Crippen MR) is 121 cm³/mol. The first kappa shape index (κ1) is 23.6. The van der Waals surface area contributed by atoms with Crippen LogP contribution in [0.25, 0.3) is 10.9 Å². The summed E-state index contributed by atoms with van der Waals surface area (Å²) in [6.07, 6.45) is -2.90. The highest BCUT2D eigenvalue weighted by Crippen LogP contribution is 2.36. The molecule has 4 aromatic rings. The van der Waals surface area contributed by atoms with E-state index < -0.39 is 28.3 Å². The minimum Gasteiger partial charge on any atom is -0.478 e. The number of nitrogens with zero attached hydrogens (tertiary/aromatic N) is 4. The number of halogens is 3. The molecule has 0 radical (unpaired) electrons. The molecule has 1 aromatic heterocycles. The number of azo groups is 1. The minimum absolute atomic E-state index is 0.0286. The SMILES string of the molecule is O=C(O)c1cccc(Cn2cc(CN=Nc3ccc(C(F)(F)F)cc3[N+](=O)[O-])c3ccccc32)c1. The number of fused-ring (bicyclic) bond motifs is 1. The number of hydrogen-bond acceptors (Lipinski definition) is 5. The Morgan fingerprint density at radius 2 is 1.83 bits per heavy atom. The van der Waals surface area contributed by atoms with Crippen molar-refractivity contribution in [2.45, 2.75) is 19.3 Å². The lowest BCUT2D eigenvalue weighted by Crippen LogP contribution is -2.05. The second-order valence-electron chi connectivity index (χ2n) is 7.66. The maximum absolute atomic E-state index is 12.9. The van der Waals surface area contributed by atoms with Crippen LogP contribution in [-0.2, 0) is 19.3 Å². The monoisotopic (exact) mass is 482 g/mol. The Balaban J connectivity index is 1.62. The predicted octanol–water partition coefficient (Wildman–Crippen LogP) is 6.60. The first-order valence-corrected chi connectivity index (χ1v) is 10.3. The van der Waals surface area contributed by atoms with Crippen molar-refractivity contribution < 1.29 is 28.0 Å². The van der Waals surface area contributed by atoms with Crippen molar-refractivity contribution in [3.05, 3.63) is 105 Å². The molecule has 11 heteroatoms. The second-order valence-corrected chi connectivity index (χ2v) is 7.66. The van der Waals surface area contributed by atoms with E-state index in [1.807, 2.05) is 41.1 Å². The number of carboxylic acids is 1. The van der Waals surface area contributed by atoms with Crippen molar-refractivity contribution in [2.24, 2.45) is 10.2 Å². The third-order valence-corrected chi connectivity index (χ3v) is 5.32. The number of nitro benzene ring substituents is 1. The number of aromatic nitrogens is 1. The summed E-state index contributed by atoms with van der Waals surface area (Å²) in [5, 5.41) is 29.1. The first-order chi connectivity index (χ1) is 16.6. The molecule has 1 heterocycles. The number of rotatable bonds is 7. The fourth-order valence-electron chi connectivity index (χ4n) is 3.70. The molecule has 0 saturated carbocycles. The van der Waals surface area contributed by atoms with Gasteiger partial charge in [0.2, 0.25) is 0 Å². The van der Waals surface area contributed by atoms with E-state index in [0.717, 1.165) is 34.2 Å². The fraction of sp³-hybridized carbons (Fsp3) is 0.125. The molecule has 178 valence electrons. The van der Waals surface area contributed by atoms with Crippen molar-refractivity contribution in [3.63, 3.8) is 0 Å². The standard InChI is InChI=1S/C24H17F3N4O4/c25-24(26,27)18-8-9-20(22(11-18)31(34)35)29-28-12-17-14-30(21-7-2-1-6-19(17)21)13-15-4-3-5-16(10-15)23(32)33/h1-11,14H,12-13H2,(H,32,33). The van der Waals surface area contributed by atoms with Gasteiger partial charge in [0.1, 0.15) is 0 Å². The molecular formula is C24H17F3N4O4. The fourth-order valence-corrected chi connectivity index (χ4v) is 3.70. The number of carboxylic acid groups (broad SMARTS) is 1. The van der Waals surface area contributed by atoms with Gasteiger partial charge in [-0.15, -0.1) is 5.11 Å². The van der Waals surface area contributed by atoms with E-state index >= 15 is 0 Å². The van der Waals surface area contributed by atoms with E-state index in [0.29, 0.717) is 12.6 Å². The van der Waals surface area contributed by atoms with Gasteiger partial charge in [0, 0.05) is 35.3 Å². The summed E-state index contributed by atoms with van der Waals surface area (Å²) in [5.41, 5.74) is 0.345. The highest BCUT2D eigenvalue weighted by molar-refractivity contribution is 5.88. The van der Waals surface area contributed by atoms with Crippen LogP contribution in [0.1, 0.15) is 27.0 Å². The number of nitro groups is 1.